The Balaban J connectivity index is 1.72. The summed E-state index contributed by atoms with van der Waals surface area (Å²) < 4.78 is 5.24. The Kier molecular flexibility index (Phi) is 7.21. The zero-order valence-corrected chi connectivity index (χ0v) is 17.5. The van der Waals surface area contributed by atoms with Crippen molar-refractivity contribution in [3.63, 3.8) is 0 Å². The van der Waals surface area contributed by atoms with E-state index < -0.39 is 11.9 Å². The first-order chi connectivity index (χ1) is 14.0. The minimum Gasteiger partial charge on any atom is -0.460 e. The fourth-order valence-corrected chi connectivity index (χ4v) is 4.31. The van der Waals surface area contributed by atoms with Gasteiger partial charge in [0, 0.05) is 22.4 Å². The number of thioether (sulfide) groups is 1. The SMILES string of the molecule is N#CC1=C(SCC(=O)OCc2ccccc2)NC(=O)CC1c1ccc(Cl)cc1Cl. The van der Waals surface area contributed by atoms with E-state index in [0.717, 1.165) is 17.3 Å². The molecule has 148 valence electrons. The Bertz CT molecular complexity index is 1000. The zero-order valence-electron chi connectivity index (χ0n) is 15.2. The van der Waals surface area contributed by atoms with Crippen molar-refractivity contribution < 1.29 is 14.3 Å². The van der Waals surface area contributed by atoms with Gasteiger partial charge in [-0.05, 0) is 23.3 Å². The number of nitriles is 1. The quantitative estimate of drug-likeness (QED) is 0.643. The average molecular weight is 447 g/mol. The molecule has 2 aromatic carbocycles. The highest BCUT2D eigenvalue weighted by atomic mass is 35.5. The van der Waals surface area contributed by atoms with Gasteiger partial charge in [-0.25, -0.2) is 0 Å². The largest absolute Gasteiger partial charge is 0.460 e. The molecule has 0 spiro atoms. The van der Waals surface area contributed by atoms with Crippen molar-refractivity contribution in [2.75, 3.05) is 5.75 Å². The van der Waals surface area contributed by atoms with Crippen molar-refractivity contribution in [1.82, 2.24) is 5.32 Å². The number of hydrogen-bond acceptors (Lipinski definition) is 5. The van der Waals surface area contributed by atoms with Crippen LogP contribution in [0.25, 0.3) is 0 Å². The second-order valence-corrected chi connectivity index (χ2v) is 8.09. The molecular weight excluding hydrogens is 431 g/mol. The van der Waals surface area contributed by atoms with Gasteiger partial charge in [-0.3, -0.25) is 9.59 Å². The topological polar surface area (TPSA) is 79.2 Å². The molecule has 0 saturated heterocycles. The van der Waals surface area contributed by atoms with Gasteiger partial charge in [0.2, 0.25) is 5.91 Å². The summed E-state index contributed by atoms with van der Waals surface area (Å²) in [5.41, 5.74) is 1.88. The third-order valence-electron chi connectivity index (χ3n) is 4.27. The van der Waals surface area contributed by atoms with E-state index in [1.165, 1.54) is 0 Å². The fourth-order valence-electron chi connectivity index (χ4n) is 2.89. The first-order valence-electron chi connectivity index (χ1n) is 8.69. The molecule has 8 heteroatoms. The van der Waals surface area contributed by atoms with E-state index >= 15 is 0 Å². The lowest BCUT2D eigenvalue weighted by molar-refractivity contribution is -0.141. The van der Waals surface area contributed by atoms with Gasteiger partial charge in [-0.2, -0.15) is 5.26 Å². The molecule has 1 aliphatic heterocycles. The molecule has 1 atom stereocenters. The standard InChI is InChI=1S/C21H16Cl2N2O3S/c22-14-6-7-15(18(23)8-14)16-9-19(26)25-21(17(16)10-24)29-12-20(27)28-11-13-4-2-1-3-5-13/h1-8,16H,9,11-12H2,(H,25,26). The second kappa shape index (κ2) is 9.84. The van der Waals surface area contributed by atoms with Crippen LogP contribution in [-0.2, 0) is 20.9 Å². The van der Waals surface area contributed by atoms with E-state index in [1.807, 2.05) is 30.3 Å². The van der Waals surface area contributed by atoms with Crippen molar-refractivity contribution in [3.8, 4) is 6.07 Å². The Morgan fingerprint density at radius 2 is 2.00 bits per heavy atom. The summed E-state index contributed by atoms with van der Waals surface area (Å²) in [5, 5.41) is 13.6. The van der Waals surface area contributed by atoms with E-state index in [-0.39, 0.29) is 24.7 Å². The number of nitrogens with zero attached hydrogens (tertiary/aromatic N) is 1. The summed E-state index contributed by atoms with van der Waals surface area (Å²) in [6, 6.07) is 16.4. The molecule has 29 heavy (non-hydrogen) atoms. The molecule has 0 aromatic heterocycles. The van der Waals surface area contributed by atoms with Crippen LogP contribution in [0.3, 0.4) is 0 Å². The van der Waals surface area contributed by atoms with Crippen LogP contribution >= 0.6 is 35.0 Å². The minimum atomic E-state index is -0.499. The van der Waals surface area contributed by atoms with Crippen LogP contribution in [0.1, 0.15) is 23.5 Å². The third-order valence-corrected chi connectivity index (χ3v) is 5.82. The zero-order chi connectivity index (χ0) is 20.8. The molecule has 1 heterocycles. The van der Waals surface area contributed by atoms with E-state index in [4.69, 9.17) is 27.9 Å². The lowest BCUT2D eigenvalue weighted by Gasteiger charge is -2.25. The molecule has 1 aliphatic rings. The maximum atomic E-state index is 12.2. The Hall–Kier alpha value is -2.46. The molecule has 0 saturated carbocycles. The number of rotatable bonds is 6. The van der Waals surface area contributed by atoms with Crippen LogP contribution < -0.4 is 5.32 Å². The Labute approximate surface area is 182 Å². The highest BCUT2D eigenvalue weighted by Gasteiger charge is 2.31. The summed E-state index contributed by atoms with van der Waals surface area (Å²) in [5.74, 6) is -1.22. The number of amides is 1. The predicted octanol–water partition coefficient (Wildman–Crippen LogP) is 4.81. The van der Waals surface area contributed by atoms with Gasteiger partial charge in [0.15, 0.2) is 0 Å². The van der Waals surface area contributed by atoms with Crippen LogP contribution in [0.4, 0.5) is 0 Å². The number of hydrogen-bond donors (Lipinski definition) is 1. The maximum Gasteiger partial charge on any atom is 0.316 e. The molecule has 0 radical (unpaired) electrons. The summed E-state index contributed by atoms with van der Waals surface area (Å²) in [6.45, 7) is 0.166. The molecule has 3 rings (SSSR count). The first kappa shape index (κ1) is 21.3. The lowest BCUT2D eigenvalue weighted by atomic mass is 9.87. The predicted molar refractivity (Wildman–Crippen MR) is 113 cm³/mol. The van der Waals surface area contributed by atoms with Crippen LogP contribution in [0, 0.1) is 11.3 Å². The molecule has 1 N–H and O–H groups in total. The number of benzene rings is 2. The molecule has 0 aliphatic carbocycles. The van der Waals surface area contributed by atoms with Gasteiger partial charge in [0.05, 0.1) is 22.4 Å². The van der Waals surface area contributed by atoms with Crippen molar-refractivity contribution in [2.24, 2.45) is 0 Å². The van der Waals surface area contributed by atoms with E-state index in [1.54, 1.807) is 18.2 Å². The first-order valence-corrected chi connectivity index (χ1v) is 10.4. The van der Waals surface area contributed by atoms with Crippen LogP contribution in [0.2, 0.25) is 10.0 Å². The van der Waals surface area contributed by atoms with Gasteiger partial charge in [0.1, 0.15) is 6.61 Å². The minimum absolute atomic E-state index is 0.0330. The smallest absolute Gasteiger partial charge is 0.316 e. The monoisotopic (exact) mass is 446 g/mol. The van der Waals surface area contributed by atoms with E-state index in [2.05, 4.69) is 11.4 Å². The summed E-state index contributed by atoms with van der Waals surface area (Å²) in [4.78, 5) is 24.3. The number of allylic oxidation sites excluding steroid dienone is 1. The van der Waals surface area contributed by atoms with Gasteiger partial charge in [0.25, 0.3) is 0 Å². The van der Waals surface area contributed by atoms with Crippen molar-refractivity contribution in [3.05, 3.63) is 80.3 Å². The molecular formula is C21H16Cl2N2O3S. The summed E-state index contributed by atoms with van der Waals surface area (Å²) in [6.07, 6.45) is 0.0900. The second-order valence-electron chi connectivity index (χ2n) is 6.26. The summed E-state index contributed by atoms with van der Waals surface area (Å²) >= 11 is 13.3. The number of carbonyl (C=O) groups excluding carboxylic acids is 2. The maximum absolute atomic E-state index is 12.2. The van der Waals surface area contributed by atoms with Gasteiger partial charge in [-0.1, -0.05) is 71.4 Å². The molecule has 0 fully saturated rings. The normalized spacial score (nSPS) is 16.2. The van der Waals surface area contributed by atoms with E-state index in [0.29, 0.717) is 26.2 Å². The Morgan fingerprint density at radius 3 is 2.69 bits per heavy atom. The lowest BCUT2D eigenvalue weighted by Crippen LogP contribution is -2.31. The van der Waals surface area contributed by atoms with Crippen LogP contribution in [0.5, 0.6) is 0 Å². The highest BCUT2D eigenvalue weighted by Crippen LogP contribution is 2.39. The number of ether oxygens (including phenoxy) is 1. The third kappa shape index (κ3) is 5.54. The van der Waals surface area contributed by atoms with Gasteiger partial charge in [-0.15, -0.1) is 0 Å². The number of nitrogens with one attached hydrogen (secondary N) is 1. The average Bonchev–Trinajstić information content (AvgIpc) is 2.71. The molecule has 2 aromatic rings. The molecule has 1 amide bonds. The van der Waals surface area contributed by atoms with Crippen LogP contribution in [0.15, 0.2) is 59.1 Å². The molecule has 5 nitrogen and oxygen atoms in total. The number of esters is 1. The van der Waals surface area contributed by atoms with Crippen LogP contribution in [-0.4, -0.2) is 17.6 Å². The number of carbonyl (C=O) groups is 2. The Morgan fingerprint density at radius 1 is 1.24 bits per heavy atom. The fraction of sp³-hybridized carbons (Fsp3) is 0.190. The summed E-state index contributed by atoms with van der Waals surface area (Å²) in [7, 11) is 0. The number of halogens is 2. The van der Waals surface area contributed by atoms with E-state index in [9.17, 15) is 14.9 Å². The van der Waals surface area contributed by atoms with Crippen molar-refractivity contribution in [1.29, 1.82) is 5.26 Å². The molecule has 0 bridgehead atoms. The van der Waals surface area contributed by atoms with Gasteiger partial charge >= 0.3 is 5.97 Å². The molecule has 1 unspecified atom stereocenters. The van der Waals surface area contributed by atoms with Gasteiger partial charge < -0.3 is 10.1 Å². The highest BCUT2D eigenvalue weighted by molar-refractivity contribution is 8.03. The van der Waals surface area contributed by atoms with Crippen molar-refractivity contribution in [2.45, 2.75) is 18.9 Å². The van der Waals surface area contributed by atoms with Crippen molar-refractivity contribution >= 4 is 46.8 Å².